The number of hydrogen-bond donors (Lipinski definition) is 1. The van der Waals surface area contributed by atoms with Crippen LogP contribution < -0.4 is 5.32 Å². The molecule has 1 rings (SSSR count). The Kier molecular flexibility index (Phi) is 3.58. The molecule has 0 aromatic heterocycles. The predicted octanol–water partition coefficient (Wildman–Crippen LogP) is 4.65. The van der Waals surface area contributed by atoms with E-state index in [0.29, 0.717) is 20.8 Å². The average molecular weight is 259 g/mol. The molecule has 0 amide bonds. The van der Waals surface area contributed by atoms with Crippen LogP contribution in [0.1, 0.15) is 5.56 Å². The lowest BCUT2D eigenvalue weighted by Crippen LogP contribution is -1.95. The minimum Gasteiger partial charge on any atom is -0.387 e. The summed E-state index contributed by atoms with van der Waals surface area (Å²) in [4.78, 5) is 0. The zero-order valence-electron chi connectivity index (χ0n) is 7.01. The summed E-state index contributed by atoms with van der Waals surface area (Å²) in [6, 6.07) is 0. The fourth-order valence-electron chi connectivity index (χ4n) is 1.04. The third-order valence-corrected chi connectivity index (χ3v) is 3.65. The first kappa shape index (κ1) is 11.3. The fourth-order valence-corrected chi connectivity index (χ4v) is 2.08. The van der Waals surface area contributed by atoms with Gasteiger partial charge < -0.3 is 5.32 Å². The van der Waals surface area contributed by atoms with Gasteiger partial charge in [0.05, 0.1) is 25.8 Å². The van der Waals surface area contributed by atoms with E-state index in [1.165, 1.54) is 0 Å². The van der Waals surface area contributed by atoms with Crippen LogP contribution in [0.2, 0.25) is 20.1 Å². The molecule has 0 heterocycles. The Balaban J connectivity index is 3.56. The van der Waals surface area contributed by atoms with Crippen molar-refractivity contribution in [2.24, 2.45) is 0 Å². The number of halogens is 4. The number of anilines is 1. The lowest BCUT2D eigenvalue weighted by molar-refractivity contribution is 1.40. The molecule has 0 aliphatic carbocycles. The second kappa shape index (κ2) is 4.14. The number of hydrogen-bond acceptors (Lipinski definition) is 1. The molecule has 1 N–H and O–H groups in total. The normalized spacial score (nSPS) is 10.3. The lowest BCUT2D eigenvalue weighted by Gasteiger charge is -2.12. The molecule has 0 saturated carbocycles. The SMILES string of the molecule is CNc1c(C)c(Cl)c(Cl)c(Cl)c1Cl. The minimum absolute atomic E-state index is 0.281. The lowest BCUT2D eigenvalue weighted by atomic mass is 10.2. The molecule has 0 bridgehead atoms. The van der Waals surface area contributed by atoms with Gasteiger partial charge in [-0.3, -0.25) is 0 Å². The Labute approximate surface area is 96.9 Å². The first-order valence-electron chi connectivity index (χ1n) is 3.51. The van der Waals surface area contributed by atoms with Crippen molar-refractivity contribution in [1.82, 2.24) is 0 Å². The Bertz CT molecular complexity index is 319. The molecule has 0 radical (unpaired) electrons. The molecule has 0 aliphatic heterocycles. The van der Waals surface area contributed by atoms with Crippen molar-refractivity contribution in [1.29, 1.82) is 0 Å². The maximum Gasteiger partial charge on any atom is 0.0842 e. The third kappa shape index (κ3) is 1.84. The van der Waals surface area contributed by atoms with Gasteiger partial charge in [0.25, 0.3) is 0 Å². The quantitative estimate of drug-likeness (QED) is 0.571. The number of rotatable bonds is 1. The van der Waals surface area contributed by atoms with Crippen LogP contribution in [0.25, 0.3) is 0 Å². The highest BCUT2D eigenvalue weighted by molar-refractivity contribution is 6.53. The van der Waals surface area contributed by atoms with Gasteiger partial charge in [-0.25, -0.2) is 0 Å². The van der Waals surface area contributed by atoms with Crippen molar-refractivity contribution >= 4 is 52.1 Å². The average Bonchev–Trinajstić information content (AvgIpc) is 2.13. The zero-order valence-corrected chi connectivity index (χ0v) is 10.0. The summed E-state index contributed by atoms with van der Waals surface area (Å²) in [5.74, 6) is 0. The number of nitrogens with one attached hydrogen (secondary N) is 1. The molecule has 5 heteroatoms. The van der Waals surface area contributed by atoms with E-state index in [0.717, 1.165) is 5.56 Å². The molecule has 72 valence electrons. The van der Waals surface area contributed by atoms with Gasteiger partial charge in [0.1, 0.15) is 0 Å². The van der Waals surface area contributed by atoms with Crippen LogP contribution in [-0.2, 0) is 0 Å². The Hall–Kier alpha value is 0.180. The molecule has 0 spiro atoms. The van der Waals surface area contributed by atoms with E-state index in [4.69, 9.17) is 46.4 Å². The molecule has 1 aromatic rings. The molecule has 0 fully saturated rings. The van der Waals surface area contributed by atoms with Crippen LogP contribution >= 0.6 is 46.4 Å². The maximum atomic E-state index is 5.94. The molecule has 1 aromatic carbocycles. The first-order chi connectivity index (χ1) is 6.00. The van der Waals surface area contributed by atoms with Crippen molar-refractivity contribution < 1.29 is 0 Å². The van der Waals surface area contributed by atoms with Crippen molar-refractivity contribution in [3.63, 3.8) is 0 Å². The Morgan fingerprint density at radius 3 is 1.77 bits per heavy atom. The second-order valence-electron chi connectivity index (χ2n) is 2.51. The highest BCUT2D eigenvalue weighted by Crippen LogP contribution is 2.43. The van der Waals surface area contributed by atoms with Gasteiger partial charge in [0.15, 0.2) is 0 Å². The topological polar surface area (TPSA) is 12.0 Å². The molecule has 13 heavy (non-hydrogen) atoms. The smallest absolute Gasteiger partial charge is 0.0842 e. The summed E-state index contributed by atoms with van der Waals surface area (Å²) in [6.07, 6.45) is 0. The standard InChI is InChI=1S/C8H7Cl4N/c1-3-4(9)5(10)6(11)7(12)8(3)13-2/h13H,1-2H3. The molecule has 0 unspecified atom stereocenters. The van der Waals surface area contributed by atoms with Gasteiger partial charge >= 0.3 is 0 Å². The van der Waals surface area contributed by atoms with E-state index in [1.54, 1.807) is 7.05 Å². The molecule has 0 atom stereocenters. The van der Waals surface area contributed by atoms with Crippen LogP contribution in [0.3, 0.4) is 0 Å². The minimum atomic E-state index is 0.281. The molecule has 1 nitrogen and oxygen atoms in total. The van der Waals surface area contributed by atoms with Crippen LogP contribution in [0.15, 0.2) is 0 Å². The van der Waals surface area contributed by atoms with Crippen molar-refractivity contribution in [3.05, 3.63) is 25.7 Å². The van der Waals surface area contributed by atoms with Crippen LogP contribution in [0.4, 0.5) is 5.69 Å². The van der Waals surface area contributed by atoms with Crippen molar-refractivity contribution in [2.75, 3.05) is 12.4 Å². The van der Waals surface area contributed by atoms with E-state index in [2.05, 4.69) is 5.32 Å². The highest BCUT2D eigenvalue weighted by atomic mass is 35.5. The summed E-state index contributed by atoms with van der Waals surface area (Å²) in [5, 5.41) is 4.32. The predicted molar refractivity (Wildman–Crippen MR) is 60.8 cm³/mol. The first-order valence-corrected chi connectivity index (χ1v) is 5.02. The van der Waals surface area contributed by atoms with Crippen molar-refractivity contribution in [2.45, 2.75) is 6.92 Å². The second-order valence-corrected chi connectivity index (χ2v) is 4.02. The van der Waals surface area contributed by atoms with E-state index in [1.807, 2.05) is 6.92 Å². The van der Waals surface area contributed by atoms with Crippen LogP contribution in [0, 0.1) is 6.92 Å². The van der Waals surface area contributed by atoms with E-state index in [-0.39, 0.29) is 5.02 Å². The molecule has 0 aliphatic rings. The van der Waals surface area contributed by atoms with Gasteiger partial charge in [-0.15, -0.1) is 0 Å². The summed E-state index contributed by atoms with van der Waals surface area (Å²) >= 11 is 23.6. The van der Waals surface area contributed by atoms with E-state index < -0.39 is 0 Å². The van der Waals surface area contributed by atoms with Gasteiger partial charge in [0.2, 0.25) is 0 Å². The third-order valence-electron chi connectivity index (χ3n) is 1.75. The van der Waals surface area contributed by atoms with Crippen LogP contribution in [0.5, 0.6) is 0 Å². The Morgan fingerprint density at radius 1 is 0.846 bits per heavy atom. The summed E-state index contributed by atoms with van der Waals surface area (Å²) < 4.78 is 0. The van der Waals surface area contributed by atoms with Gasteiger partial charge in [0, 0.05) is 7.05 Å². The maximum absolute atomic E-state index is 5.94. The number of benzene rings is 1. The fraction of sp³-hybridized carbons (Fsp3) is 0.250. The van der Waals surface area contributed by atoms with Crippen LogP contribution in [-0.4, -0.2) is 7.05 Å². The van der Waals surface area contributed by atoms with Gasteiger partial charge in [-0.2, -0.15) is 0 Å². The summed E-state index contributed by atoms with van der Waals surface area (Å²) in [5.41, 5.74) is 1.50. The molecule has 0 saturated heterocycles. The largest absolute Gasteiger partial charge is 0.387 e. The van der Waals surface area contributed by atoms with Gasteiger partial charge in [-0.05, 0) is 12.5 Å². The Morgan fingerprint density at radius 2 is 1.31 bits per heavy atom. The zero-order chi connectivity index (χ0) is 10.2. The monoisotopic (exact) mass is 257 g/mol. The molecular weight excluding hydrogens is 252 g/mol. The summed E-state index contributed by atoms with van der Waals surface area (Å²) in [7, 11) is 1.74. The van der Waals surface area contributed by atoms with Crippen molar-refractivity contribution in [3.8, 4) is 0 Å². The highest BCUT2D eigenvalue weighted by Gasteiger charge is 2.16. The van der Waals surface area contributed by atoms with Gasteiger partial charge in [-0.1, -0.05) is 46.4 Å². The summed E-state index contributed by atoms with van der Waals surface area (Å²) in [6.45, 7) is 1.82. The van der Waals surface area contributed by atoms with E-state index in [9.17, 15) is 0 Å². The van der Waals surface area contributed by atoms with E-state index >= 15 is 0 Å². The molecular formula is C8H7Cl4N.